The van der Waals surface area contributed by atoms with Crippen molar-refractivity contribution in [1.82, 2.24) is 0 Å². The van der Waals surface area contributed by atoms with Crippen LogP contribution >= 0.6 is 0 Å². The van der Waals surface area contributed by atoms with Crippen LogP contribution in [-0.2, 0) is 12.8 Å². The summed E-state index contributed by atoms with van der Waals surface area (Å²) in [4.78, 5) is 0. The Kier molecular flexibility index (Phi) is 3.59. The molecule has 0 aliphatic heterocycles. The topological polar surface area (TPSA) is 52.0 Å². The van der Waals surface area contributed by atoms with E-state index in [0.717, 1.165) is 24.2 Å². The molecular weight excluding hydrogens is 364 g/mol. The van der Waals surface area contributed by atoms with Gasteiger partial charge in [0.15, 0.2) is 0 Å². The molecule has 0 saturated heterocycles. The van der Waals surface area contributed by atoms with Gasteiger partial charge in [-0.3, -0.25) is 0 Å². The predicted octanol–water partition coefficient (Wildman–Crippen LogP) is 6.45. The van der Waals surface area contributed by atoms with Gasteiger partial charge in [0.05, 0.1) is 0 Å². The average molecular weight is 391 g/mol. The van der Waals surface area contributed by atoms with Gasteiger partial charge in [0.25, 0.3) is 0 Å². The Hall–Kier alpha value is -3.26. The molecule has 0 spiro atoms. The first-order valence-electron chi connectivity index (χ1n) is 10.9. The molecule has 4 N–H and O–H groups in total. The van der Waals surface area contributed by atoms with E-state index in [9.17, 15) is 0 Å². The average Bonchev–Trinajstić information content (AvgIpc) is 3.22. The molecule has 0 amide bonds. The minimum absolute atomic E-state index is 0.510. The number of nitrogen functional groups attached to an aromatic ring is 2. The van der Waals surface area contributed by atoms with Crippen LogP contribution in [0.2, 0.25) is 0 Å². The number of benzene rings is 4. The van der Waals surface area contributed by atoms with Crippen LogP contribution in [0.3, 0.4) is 0 Å². The monoisotopic (exact) mass is 390 g/mol. The van der Waals surface area contributed by atoms with E-state index in [4.69, 9.17) is 11.5 Å². The molecule has 148 valence electrons. The molecule has 0 radical (unpaired) electrons. The largest absolute Gasteiger partial charge is 0.399 e. The fourth-order valence-electron chi connectivity index (χ4n) is 5.92. The molecule has 2 heteroatoms. The molecule has 0 aromatic heterocycles. The number of hydrogen-bond acceptors (Lipinski definition) is 2. The van der Waals surface area contributed by atoms with Crippen molar-refractivity contribution < 1.29 is 0 Å². The number of fused-ring (bicyclic) bond motifs is 6. The van der Waals surface area contributed by atoms with E-state index < -0.39 is 0 Å². The third-order valence-electron chi connectivity index (χ3n) is 7.13. The van der Waals surface area contributed by atoms with Crippen molar-refractivity contribution in [3.8, 4) is 0 Å². The third kappa shape index (κ3) is 2.37. The van der Waals surface area contributed by atoms with Gasteiger partial charge in [-0.25, -0.2) is 0 Å². The zero-order valence-corrected chi connectivity index (χ0v) is 17.5. The van der Waals surface area contributed by atoms with Gasteiger partial charge in [-0.15, -0.1) is 0 Å². The minimum atomic E-state index is 0.510. The summed E-state index contributed by atoms with van der Waals surface area (Å²) in [6.45, 7) is 4.78. The van der Waals surface area contributed by atoms with Crippen LogP contribution in [0.4, 0.5) is 11.4 Å². The second-order valence-corrected chi connectivity index (χ2v) is 9.20. The maximum Gasteiger partial charge on any atom is 0.0320 e. The Morgan fingerprint density at radius 1 is 0.600 bits per heavy atom. The Bertz CT molecular complexity index is 1290. The van der Waals surface area contributed by atoms with Crippen molar-refractivity contribution in [2.75, 3.05) is 11.5 Å². The van der Waals surface area contributed by atoms with Gasteiger partial charge in [-0.2, -0.15) is 0 Å². The smallest absolute Gasteiger partial charge is 0.0320 e. The van der Waals surface area contributed by atoms with Crippen molar-refractivity contribution in [3.05, 3.63) is 82.9 Å². The van der Waals surface area contributed by atoms with E-state index in [1.165, 1.54) is 54.9 Å². The zero-order chi connectivity index (χ0) is 20.6. The van der Waals surface area contributed by atoms with Crippen LogP contribution in [0.5, 0.6) is 0 Å². The lowest BCUT2D eigenvalue weighted by atomic mass is 9.85. The molecule has 30 heavy (non-hydrogen) atoms. The lowest BCUT2D eigenvalue weighted by molar-refractivity contribution is 0.754. The van der Waals surface area contributed by atoms with Crippen molar-refractivity contribution in [2.45, 2.75) is 26.7 Å². The van der Waals surface area contributed by atoms with Crippen LogP contribution in [0.1, 0.15) is 36.1 Å². The van der Waals surface area contributed by atoms with Crippen LogP contribution in [0, 0.1) is 11.8 Å². The number of nitrogens with two attached hydrogens (primary N) is 2. The van der Waals surface area contributed by atoms with Crippen LogP contribution in [0.15, 0.2) is 60.7 Å². The summed E-state index contributed by atoms with van der Waals surface area (Å²) in [6, 6.07) is 21.8. The number of anilines is 2. The number of rotatable bonds is 0. The van der Waals surface area contributed by atoms with E-state index in [0.29, 0.717) is 11.8 Å². The Morgan fingerprint density at radius 2 is 1.03 bits per heavy atom. The van der Waals surface area contributed by atoms with Gasteiger partial charge in [0.1, 0.15) is 0 Å². The minimum Gasteiger partial charge on any atom is -0.399 e. The first-order valence-corrected chi connectivity index (χ1v) is 10.9. The fourth-order valence-corrected chi connectivity index (χ4v) is 5.92. The van der Waals surface area contributed by atoms with E-state index in [-0.39, 0.29) is 0 Å². The van der Waals surface area contributed by atoms with Crippen LogP contribution < -0.4 is 11.5 Å². The van der Waals surface area contributed by atoms with E-state index >= 15 is 0 Å². The van der Waals surface area contributed by atoms with Crippen molar-refractivity contribution in [1.29, 1.82) is 0 Å². The van der Waals surface area contributed by atoms with Gasteiger partial charge in [-0.05, 0) is 104 Å². The van der Waals surface area contributed by atoms with Gasteiger partial charge < -0.3 is 11.5 Å². The predicted molar refractivity (Wildman–Crippen MR) is 129 cm³/mol. The summed E-state index contributed by atoms with van der Waals surface area (Å²) < 4.78 is 0. The molecule has 2 aliphatic rings. The van der Waals surface area contributed by atoms with Crippen molar-refractivity contribution >= 4 is 44.1 Å². The molecule has 4 aromatic carbocycles. The maximum absolute atomic E-state index is 6.09. The summed E-state index contributed by atoms with van der Waals surface area (Å²) in [5.41, 5.74) is 22.7. The number of allylic oxidation sites excluding steroid dienone is 2. The molecule has 2 unspecified atom stereocenters. The SMILES string of the molecule is CC1Cc2ccc3cc(N)ccc3c2/C1=C1/c2c(ccc3cc(N)ccc23)CC1C. The van der Waals surface area contributed by atoms with E-state index in [1.54, 1.807) is 0 Å². The first-order chi connectivity index (χ1) is 14.5. The molecule has 2 atom stereocenters. The lowest BCUT2D eigenvalue weighted by Gasteiger charge is -2.19. The molecule has 2 aliphatic carbocycles. The van der Waals surface area contributed by atoms with Crippen LogP contribution in [0.25, 0.3) is 32.7 Å². The van der Waals surface area contributed by atoms with Crippen LogP contribution in [-0.4, -0.2) is 0 Å². The summed E-state index contributed by atoms with van der Waals surface area (Å²) in [6.07, 6.45) is 2.21. The summed E-state index contributed by atoms with van der Waals surface area (Å²) in [5.74, 6) is 1.02. The van der Waals surface area contributed by atoms with E-state index in [2.05, 4.69) is 62.4 Å². The summed E-state index contributed by atoms with van der Waals surface area (Å²) in [7, 11) is 0. The summed E-state index contributed by atoms with van der Waals surface area (Å²) >= 11 is 0. The standard InChI is InChI=1S/C28H26N2/c1-15-11-19-5-3-17-13-21(29)7-9-23(17)27(19)25(15)26-16(2)12-20-6-4-18-14-22(30)8-10-24(18)28(20)26/h3-10,13-16H,11-12,29-30H2,1-2H3/b26-25+. The van der Waals surface area contributed by atoms with Gasteiger partial charge in [0.2, 0.25) is 0 Å². The quantitative estimate of drug-likeness (QED) is 0.339. The van der Waals surface area contributed by atoms with Gasteiger partial charge in [0, 0.05) is 11.4 Å². The molecule has 0 heterocycles. The highest BCUT2D eigenvalue weighted by Gasteiger charge is 2.34. The van der Waals surface area contributed by atoms with Crippen molar-refractivity contribution in [2.24, 2.45) is 11.8 Å². The van der Waals surface area contributed by atoms with Gasteiger partial charge >= 0.3 is 0 Å². The highest BCUT2D eigenvalue weighted by molar-refractivity contribution is 6.10. The Labute approximate surface area is 177 Å². The molecule has 0 fully saturated rings. The zero-order valence-electron chi connectivity index (χ0n) is 17.5. The molecular formula is C28H26N2. The normalized spacial score (nSPS) is 22.6. The highest BCUT2D eigenvalue weighted by atomic mass is 14.5. The molecule has 2 nitrogen and oxygen atoms in total. The summed E-state index contributed by atoms with van der Waals surface area (Å²) in [5, 5.41) is 5.13. The van der Waals surface area contributed by atoms with Gasteiger partial charge in [-0.1, -0.05) is 50.2 Å². The maximum atomic E-state index is 6.09. The number of hydrogen-bond donors (Lipinski definition) is 2. The third-order valence-corrected chi connectivity index (χ3v) is 7.13. The molecule has 6 rings (SSSR count). The highest BCUT2D eigenvalue weighted by Crippen LogP contribution is 2.52. The molecule has 0 saturated carbocycles. The Balaban J connectivity index is 1.72. The first kappa shape index (κ1) is 17.6. The fraction of sp³-hybridized carbons (Fsp3) is 0.214. The van der Waals surface area contributed by atoms with Crippen molar-refractivity contribution in [3.63, 3.8) is 0 Å². The second kappa shape index (κ2) is 6.12. The molecule has 4 aromatic rings. The second-order valence-electron chi connectivity index (χ2n) is 9.20. The Morgan fingerprint density at radius 3 is 1.47 bits per heavy atom. The molecule has 0 bridgehead atoms. The van der Waals surface area contributed by atoms with E-state index in [1.807, 2.05) is 12.1 Å². The lowest BCUT2D eigenvalue weighted by Crippen LogP contribution is -2.01.